The highest BCUT2D eigenvalue weighted by Gasteiger charge is 2.20. The average Bonchev–Trinajstić information content (AvgIpc) is 2.74. The lowest BCUT2D eigenvalue weighted by Gasteiger charge is -2.36. The summed E-state index contributed by atoms with van der Waals surface area (Å²) in [6.45, 7) is 3.35. The van der Waals surface area contributed by atoms with Gasteiger partial charge in [-0.2, -0.15) is 0 Å². The second-order valence-electron chi connectivity index (χ2n) is 6.41. The van der Waals surface area contributed by atoms with E-state index in [4.69, 9.17) is 4.74 Å². The summed E-state index contributed by atoms with van der Waals surface area (Å²) in [6.07, 6.45) is 0.308. The first kappa shape index (κ1) is 18.8. The van der Waals surface area contributed by atoms with Gasteiger partial charge in [-0.3, -0.25) is 9.59 Å². The molecule has 0 radical (unpaired) electrons. The minimum atomic E-state index is -0.222. The fourth-order valence-electron chi connectivity index (χ4n) is 3.04. The van der Waals surface area contributed by atoms with Gasteiger partial charge in [0, 0.05) is 44.8 Å². The largest absolute Gasteiger partial charge is 0.484 e. The van der Waals surface area contributed by atoms with E-state index >= 15 is 0 Å². The predicted molar refractivity (Wildman–Crippen MR) is 105 cm³/mol. The Bertz CT molecular complexity index is 729. The maximum absolute atomic E-state index is 12.3. The van der Waals surface area contributed by atoms with E-state index in [9.17, 15) is 9.59 Å². The summed E-state index contributed by atoms with van der Waals surface area (Å²) in [5.41, 5.74) is 1.19. The molecule has 1 heterocycles. The molecule has 2 amide bonds. The van der Waals surface area contributed by atoms with E-state index in [0.717, 1.165) is 13.1 Å². The van der Waals surface area contributed by atoms with Crippen molar-refractivity contribution in [1.29, 1.82) is 0 Å². The third kappa shape index (κ3) is 5.74. The third-order valence-electron chi connectivity index (χ3n) is 4.53. The molecule has 0 unspecified atom stereocenters. The number of ether oxygens (including phenoxy) is 1. The van der Waals surface area contributed by atoms with Gasteiger partial charge >= 0.3 is 0 Å². The monoisotopic (exact) mass is 367 g/mol. The molecule has 2 aromatic rings. The van der Waals surface area contributed by atoms with Gasteiger partial charge in [0.15, 0.2) is 6.61 Å². The number of amides is 2. The molecule has 0 spiro atoms. The molecule has 142 valence electrons. The van der Waals surface area contributed by atoms with Crippen LogP contribution >= 0.6 is 0 Å². The van der Waals surface area contributed by atoms with Crippen LogP contribution in [0.25, 0.3) is 0 Å². The van der Waals surface area contributed by atoms with Gasteiger partial charge in [0.1, 0.15) is 5.75 Å². The van der Waals surface area contributed by atoms with Crippen LogP contribution in [0.5, 0.6) is 5.75 Å². The number of hydrogen-bond donors (Lipinski definition) is 1. The number of hydrogen-bond acceptors (Lipinski definition) is 4. The fourth-order valence-corrected chi connectivity index (χ4v) is 3.04. The number of rotatable bonds is 7. The number of benzene rings is 2. The normalized spacial score (nSPS) is 13.9. The maximum Gasteiger partial charge on any atom is 0.257 e. The van der Waals surface area contributed by atoms with Gasteiger partial charge in [-0.15, -0.1) is 0 Å². The summed E-state index contributed by atoms with van der Waals surface area (Å²) in [5.74, 6) is 0.507. The first-order valence-corrected chi connectivity index (χ1v) is 9.25. The molecule has 2 aromatic carbocycles. The van der Waals surface area contributed by atoms with Gasteiger partial charge in [-0.25, -0.2) is 0 Å². The summed E-state index contributed by atoms with van der Waals surface area (Å²) in [5, 5.41) is 2.74. The van der Waals surface area contributed by atoms with Crippen LogP contribution in [-0.4, -0.2) is 56.0 Å². The molecule has 1 aliphatic rings. The molecule has 1 aliphatic heterocycles. The summed E-state index contributed by atoms with van der Waals surface area (Å²) >= 11 is 0. The molecule has 0 aromatic heterocycles. The summed E-state index contributed by atoms with van der Waals surface area (Å²) in [6, 6.07) is 19.4. The van der Waals surface area contributed by atoms with Gasteiger partial charge in [-0.1, -0.05) is 36.4 Å². The molecular formula is C21H25N3O3. The summed E-state index contributed by atoms with van der Waals surface area (Å²) < 4.78 is 5.38. The van der Waals surface area contributed by atoms with Crippen molar-refractivity contribution in [2.75, 3.05) is 44.2 Å². The van der Waals surface area contributed by atoms with Gasteiger partial charge in [0.05, 0.1) is 0 Å². The lowest BCUT2D eigenvalue weighted by atomic mass is 10.2. The third-order valence-corrected chi connectivity index (χ3v) is 4.53. The summed E-state index contributed by atoms with van der Waals surface area (Å²) in [4.78, 5) is 28.3. The van der Waals surface area contributed by atoms with E-state index in [0.29, 0.717) is 31.8 Å². The zero-order valence-corrected chi connectivity index (χ0v) is 15.3. The Morgan fingerprint density at radius 2 is 1.52 bits per heavy atom. The van der Waals surface area contributed by atoms with Gasteiger partial charge in [-0.05, 0) is 24.3 Å². The fraction of sp³-hybridized carbons (Fsp3) is 0.333. The molecule has 3 rings (SSSR count). The van der Waals surface area contributed by atoms with E-state index < -0.39 is 0 Å². The first-order valence-electron chi connectivity index (χ1n) is 9.25. The Labute approximate surface area is 159 Å². The van der Waals surface area contributed by atoms with Crippen LogP contribution in [0.3, 0.4) is 0 Å². The zero-order valence-electron chi connectivity index (χ0n) is 15.3. The van der Waals surface area contributed by atoms with Crippen LogP contribution in [0.4, 0.5) is 5.69 Å². The SMILES string of the molecule is O=C(COc1ccccc1)NCCC(=O)N1CCN(c2ccccc2)CC1. The smallest absolute Gasteiger partial charge is 0.257 e. The number of carbonyl (C=O) groups is 2. The minimum absolute atomic E-state index is 0.0477. The van der Waals surface area contributed by atoms with Crippen molar-refractivity contribution >= 4 is 17.5 Å². The molecule has 1 saturated heterocycles. The molecule has 0 atom stereocenters. The van der Waals surface area contributed by atoms with Crippen LogP contribution in [-0.2, 0) is 9.59 Å². The number of piperazine rings is 1. The highest BCUT2D eigenvalue weighted by Crippen LogP contribution is 2.15. The Kier molecular flexibility index (Phi) is 6.68. The van der Waals surface area contributed by atoms with Crippen molar-refractivity contribution in [2.45, 2.75) is 6.42 Å². The van der Waals surface area contributed by atoms with Crippen LogP contribution in [0.1, 0.15) is 6.42 Å². The van der Waals surface area contributed by atoms with E-state index in [1.54, 1.807) is 12.1 Å². The van der Waals surface area contributed by atoms with Crippen LogP contribution in [0, 0.1) is 0 Å². The molecule has 6 heteroatoms. The first-order chi connectivity index (χ1) is 13.2. The van der Waals surface area contributed by atoms with E-state index in [1.165, 1.54) is 5.69 Å². The molecule has 27 heavy (non-hydrogen) atoms. The second-order valence-corrected chi connectivity index (χ2v) is 6.41. The minimum Gasteiger partial charge on any atom is -0.484 e. The standard InChI is InChI=1S/C21H25N3O3/c25-20(17-27-19-9-5-2-6-10-19)22-12-11-21(26)24-15-13-23(14-16-24)18-7-3-1-4-8-18/h1-10H,11-17H2,(H,22,25). The van der Waals surface area contributed by atoms with Crippen LogP contribution < -0.4 is 15.0 Å². The second kappa shape index (κ2) is 9.62. The number of para-hydroxylation sites is 2. The van der Waals surface area contributed by atoms with Crippen molar-refractivity contribution in [3.05, 3.63) is 60.7 Å². The maximum atomic E-state index is 12.3. The van der Waals surface area contributed by atoms with Crippen molar-refractivity contribution < 1.29 is 14.3 Å². The number of nitrogens with one attached hydrogen (secondary N) is 1. The van der Waals surface area contributed by atoms with Crippen molar-refractivity contribution in [1.82, 2.24) is 10.2 Å². The molecule has 1 fully saturated rings. The molecular weight excluding hydrogens is 342 g/mol. The number of anilines is 1. The highest BCUT2D eigenvalue weighted by atomic mass is 16.5. The lowest BCUT2D eigenvalue weighted by molar-refractivity contribution is -0.131. The predicted octanol–water partition coefficient (Wildman–Crippen LogP) is 1.92. The van der Waals surface area contributed by atoms with Crippen molar-refractivity contribution in [2.24, 2.45) is 0 Å². The summed E-state index contributed by atoms with van der Waals surface area (Å²) in [7, 11) is 0. The molecule has 6 nitrogen and oxygen atoms in total. The number of nitrogens with zero attached hydrogens (tertiary/aromatic N) is 2. The molecule has 0 bridgehead atoms. The van der Waals surface area contributed by atoms with E-state index in [2.05, 4.69) is 22.3 Å². The van der Waals surface area contributed by atoms with E-state index in [1.807, 2.05) is 41.3 Å². The van der Waals surface area contributed by atoms with Crippen LogP contribution in [0.2, 0.25) is 0 Å². The van der Waals surface area contributed by atoms with Gasteiger partial charge < -0.3 is 19.9 Å². The Morgan fingerprint density at radius 3 is 2.19 bits per heavy atom. The molecule has 0 saturated carbocycles. The molecule has 0 aliphatic carbocycles. The van der Waals surface area contributed by atoms with Crippen LogP contribution in [0.15, 0.2) is 60.7 Å². The lowest BCUT2D eigenvalue weighted by Crippen LogP contribution is -2.49. The van der Waals surface area contributed by atoms with Gasteiger partial charge in [0.25, 0.3) is 5.91 Å². The Balaban J connectivity index is 1.32. The highest BCUT2D eigenvalue weighted by molar-refractivity contribution is 5.80. The number of carbonyl (C=O) groups excluding carboxylic acids is 2. The van der Waals surface area contributed by atoms with Gasteiger partial charge in [0.2, 0.25) is 5.91 Å². The van der Waals surface area contributed by atoms with E-state index in [-0.39, 0.29) is 18.4 Å². The van der Waals surface area contributed by atoms with Crippen molar-refractivity contribution in [3.63, 3.8) is 0 Å². The zero-order chi connectivity index (χ0) is 18.9. The van der Waals surface area contributed by atoms with Crippen molar-refractivity contribution in [3.8, 4) is 5.75 Å². The molecule has 1 N–H and O–H groups in total. The topological polar surface area (TPSA) is 61.9 Å². The average molecular weight is 367 g/mol. The Morgan fingerprint density at radius 1 is 0.889 bits per heavy atom. The Hall–Kier alpha value is -3.02. The quantitative estimate of drug-likeness (QED) is 0.812.